The third-order valence-electron chi connectivity index (χ3n) is 5.06. The number of hydrogen-bond acceptors (Lipinski definition) is 3. The zero-order chi connectivity index (χ0) is 19.3. The van der Waals surface area contributed by atoms with Crippen molar-refractivity contribution in [2.24, 2.45) is 4.99 Å². The SMILES string of the molecule is CN=C(NCc1ccc(OC)cc1OC)NCC1(c2ccccc2F)CC1. The first-order valence-corrected chi connectivity index (χ1v) is 9.02. The van der Waals surface area contributed by atoms with Crippen LogP contribution >= 0.6 is 0 Å². The van der Waals surface area contributed by atoms with Gasteiger partial charge in [-0.3, -0.25) is 4.99 Å². The molecule has 6 heteroatoms. The maximum atomic E-state index is 14.1. The van der Waals surface area contributed by atoms with E-state index in [1.54, 1.807) is 27.3 Å². The van der Waals surface area contributed by atoms with Gasteiger partial charge in [-0.15, -0.1) is 0 Å². The molecular weight excluding hydrogens is 345 g/mol. The maximum Gasteiger partial charge on any atom is 0.191 e. The zero-order valence-corrected chi connectivity index (χ0v) is 16.0. The lowest BCUT2D eigenvalue weighted by atomic mass is 9.95. The predicted octanol–water partition coefficient (Wildman–Crippen LogP) is 3.24. The fourth-order valence-electron chi connectivity index (χ4n) is 3.23. The number of halogens is 1. The first kappa shape index (κ1) is 19.0. The van der Waals surface area contributed by atoms with Gasteiger partial charge in [0.1, 0.15) is 17.3 Å². The first-order chi connectivity index (χ1) is 13.1. The van der Waals surface area contributed by atoms with Crippen LogP contribution in [0.15, 0.2) is 47.5 Å². The van der Waals surface area contributed by atoms with Crippen molar-refractivity contribution < 1.29 is 13.9 Å². The fraction of sp³-hybridized carbons (Fsp3) is 0.381. The Labute approximate surface area is 159 Å². The Kier molecular flexibility index (Phi) is 5.84. The molecular formula is C21H26FN3O2. The molecule has 1 aliphatic rings. The van der Waals surface area contributed by atoms with Crippen molar-refractivity contribution >= 4 is 5.96 Å². The van der Waals surface area contributed by atoms with Crippen molar-refractivity contribution in [2.75, 3.05) is 27.8 Å². The topological polar surface area (TPSA) is 54.9 Å². The number of hydrogen-bond donors (Lipinski definition) is 2. The van der Waals surface area contributed by atoms with E-state index in [1.165, 1.54) is 6.07 Å². The number of ether oxygens (including phenoxy) is 2. The van der Waals surface area contributed by atoms with Crippen LogP contribution in [0.5, 0.6) is 11.5 Å². The van der Waals surface area contributed by atoms with Crippen molar-refractivity contribution in [3.05, 3.63) is 59.4 Å². The molecule has 1 fully saturated rings. The molecule has 144 valence electrons. The minimum Gasteiger partial charge on any atom is -0.497 e. The highest BCUT2D eigenvalue weighted by molar-refractivity contribution is 5.80. The van der Waals surface area contributed by atoms with E-state index in [-0.39, 0.29) is 11.2 Å². The monoisotopic (exact) mass is 371 g/mol. The average Bonchev–Trinajstić information content (AvgIpc) is 3.49. The lowest BCUT2D eigenvalue weighted by Gasteiger charge is -2.20. The molecule has 2 aromatic carbocycles. The third-order valence-corrected chi connectivity index (χ3v) is 5.06. The Hall–Kier alpha value is -2.76. The maximum absolute atomic E-state index is 14.1. The number of nitrogens with zero attached hydrogens (tertiary/aromatic N) is 1. The van der Waals surface area contributed by atoms with Crippen LogP contribution in [-0.4, -0.2) is 33.8 Å². The highest BCUT2D eigenvalue weighted by Crippen LogP contribution is 2.48. The predicted molar refractivity (Wildman–Crippen MR) is 105 cm³/mol. The first-order valence-electron chi connectivity index (χ1n) is 9.02. The van der Waals surface area contributed by atoms with Crippen LogP contribution < -0.4 is 20.1 Å². The van der Waals surface area contributed by atoms with E-state index < -0.39 is 0 Å². The van der Waals surface area contributed by atoms with Crippen LogP contribution in [0.4, 0.5) is 4.39 Å². The van der Waals surface area contributed by atoms with Crippen molar-refractivity contribution in [3.63, 3.8) is 0 Å². The van der Waals surface area contributed by atoms with E-state index in [0.717, 1.165) is 35.5 Å². The lowest BCUT2D eigenvalue weighted by molar-refractivity contribution is 0.390. The van der Waals surface area contributed by atoms with Crippen molar-refractivity contribution in [2.45, 2.75) is 24.8 Å². The summed E-state index contributed by atoms with van der Waals surface area (Å²) < 4.78 is 24.8. The molecule has 0 saturated heterocycles. The number of rotatable bonds is 7. The second-order valence-electron chi connectivity index (χ2n) is 6.72. The Balaban J connectivity index is 1.60. The van der Waals surface area contributed by atoms with Gasteiger partial charge >= 0.3 is 0 Å². The van der Waals surface area contributed by atoms with Gasteiger partial charge in [-0.1, -0.05) is 18.2 Å². The summed E-state index contributed by atoms with van der Waals surface area (Å²) in [6.07, 6.45) is 1.95. The van der Waals surface area contributed by atoms with Crippen LogP contribution in [0.3, 0.4) is 0 Å². The molecule has 0 bridgehead atoms. The van der Waals surface area contributed by atoms with Crippen LogP contribution in [0.2, 0.25) is 0 Å². The van der Waals surface area contributed by atoms with E-state index >= 15 is 0 Å². The van der Waals surface area contributed by atoms with Gasteiger partial charge in [-0.2, -0.15) is 0 Å². The summed E-state index contributed by atoms with van der Waals surface area (Å²) in [6.45, 7) is 1.20. The Bertz CT molecular complexity index is 819. The van der Waals surface area contributed by atoms with Gasteiger partial charge in [0.2, 0.25) is 0 Å². The number of methoxy groups -OCH3 is 2. The standard InChI is InChI=1S/C21H26FN3O2/c1-23-20(24-13-15-8-9-16(26-2)12-19(15)27-3)25-14-21(10-11-21)17-6-4-5-7-18(17)22/h4-9,12H,10-11,13-14H2,1-3H3,(H2,23,24,25). The van der Waals surface area contributed by atoms with E-state index in [2.05, 4.69) is 15.6 Å². The zero-order valence-electron chi connectivity index (χ0n) is 16.0. The number of nitrogens with one attached hydrogen (secondary N) is 2. The van der Waals surface area contributed by atoms with E-state index in [0.29, 0.717) is 19.0 Å². The largest absolute Gasteiger partial charge is 0.497 e. The number of benzene rings is 2. The fourth-order valence-corrected chi connectivity index (χ4v) is 3.23. The molecule has 0 aromatic heterocycles. The van der Waals surface area contributed by atoms with Crippen LogP contribution in [0.1, 0.15) is 24.0 Å². The van der Waals surface area contributed by atoms with Crippen molar-refractivity contribution in [3.8, 4) is 11.5 Å². The summed E-state index contributed by atoms with van der Waals surface area (Å²) in [5.74, 6) is 2.04. The molecule has 3 rings (SSSR count). The Morgan fingerprint density at radius 2 is 1.89 bits per heavy atom. The second-order valence-corrected chi connectivity index (χ2v) is 6.72. The molecule has 0 spiro atoms. The molecule has 2 N–H and O–H groups in total. The van der Waals surface area contributed by atoms with Crippen molar-refractivity contribution in [1.82, 2.24) is 10.6 Å². The molecule has 0 radical (unpaired) electrons. The quantitative estimate of drug-likeness (QED) is 0.580. The van der Waals surface area contributed by atoms with Crippen LogP contribution in [-0.2, 0) is 12.0 Å². The molecule has 0 atom stereocenters. The molecule has 0 aliphatic heterocycles. The van der Waals surface area contributed by atoms with Gasteiger partial charge in [0.05, 0.1) is 14.2 Å². The van der Waals surface area contributed by atoms with Gasteiger partial charge in [0.25, 0.3) is 0 Å². The van der Waals surface area contributed by atoms with E-state index in [9.17, 15) is 4.39 Å². The molecule has 1 saturated carbocycles. The number of guanidine groups is 1. The van der Waals surface area contributed by atoms with Gasteiger partial charge in [0, 0.05) is 37.2 Å². The van der Waals surface area contributed by atoms with Gasteiger partial charge < -0.3 is 20.1 Å². The number of aliphatic imine (C=N–C) groups is 1. The molecule has 27 heavy (non-hydrogen) atoms. The van der Waals surface area contributed by atoms with Gasteiger partial charge in [-0.25, -0.2) is 4.39 Å². The lowest BCUT2D eigenvalue weighted by Crippen LogP contribution is -2.41. The molecule has 2 aromatic rings. The third kappa shape index (κ3) is 4.32. The highest BCUT2D eigenvalue weighted by Gasteiger charge is 2.45. The van der Waals surface area contributed by atoms with E-state index in [4.69, 9.17) is 9.47 Å². The Morgan fingerprint density at radius 1 is 1.11 bits per heavy atom. The molecule has 1 aliphatic carbocycles. The summed E-state index contributed by atoms with van der Waals surface area (Å²) >= 11 is 0. The smallest absolute Gasteiger partial charge is 0.191 e. The summed E-state index contributed by atoms with van der Waals surface area (Å²) in [5, 5.41) is 6.62. The van der Waals surface area contributed by atoms with Crippen LogP contribution in [0, 0.1) is 5.82 Å². The van der Waals surface area contributed by atoms with Crippen molar-refractivity contribution in [1.29, 1.82) is 0 Å². The summed E-state index contributed by atoms with van der Waals surface area (Å²) in [4.78, 5) is 4.27. The normalized spacial score (nSPS) is 15.2. The van der Waals surface area contributed by atoms with E-state index in [1.807, 2.05) is 30.3 Å². The minimum atomic E-state index is -0.138. The molecule has 5 nitrogen and oxygen atoms in total. The van der Waals surface area contributed by atoms with Gasteiger partial charge in [0.15, 0.2) is 5.96 Å². The summed E-state index contributed by atoms with van der Waals surface area (Å²) in [5.41, 5.74) is 1.64. The molecule has 0 heterocycles. The van der Waals surface area contributed by atoms with Crippen LogP contribution in [0.25, 0.3) is 0 Å². The summed E-state index contributed by atoms with van der Waals surface area (Å²) in [6, 6.07) is 12.7. The molecule has 0 amide bonds. The second kappa shape index (κ2) is 8.29. The minimum absolute atomic E-state index is 0.136. The average molecular weight is 371 g/mol. The summed E-state index contributed by atoms with van der Waals surface area (Å²) in [7, 11) is 4.99. The highest BCUT2D eigenvalue weighted by atomic mass is 19.1. The Morgan fingerprint density at radius 3 is 2.52 bits per heavy atom. The molecule has 0 unspecified atom stereocenters. The van der Waals surface area contributed by atoms with Gasteiger partial charge in [-0.05, 0) is 36.6 Å².